The summed E-state index contributed by atoms with van der Waals surface area (Å²) in [5, 5.41) is 9.72. The monoisotopic (exact) mass is 309 g/mol. The number of hydrogen-bond donors (Lipinski definition) is 2. The fourth-order valence-corrected chi connectivity index (χ4v) is 2.21. The van der Waals surface area contributed by atoms with Gasteiger partial charge in [-0.3, -0.25) is 10.1 Å². The first-order valence-corrected chi connectivity index (χ1v) is 7.59. The van der Waals surface area contributed by atoms with Crippen molar-refractivity contribution in [3.05, 3.63) is 12.3 Å². The third-order valence-corrected chi connectivity index (χ3v) is 3.27. The van der Waals surface area contributed by atoms with E-state index >= 15 is 0 Å². The van der Waals surface area contributed by atoms with E-state index in [0.29, 0.717) is 18.3 Å². The molecule has 1 rings (SSSR count). The van der Waals surface area contributed by atoms with Crippen molar-refractivity contribution in [3.63, 3.8) is 0 Å². The van der Waals surface area contributed by atoms with Gasteiger partial charge in [-0.05, 0) is 19.3 Å². The van der Waals surface area contributed by atoms with Crippen LogP contribution in [0.3, 0.4) is 0 Å². The van der Waals surface area contributed by atoms with Gasteiger partial charge < -0.3 is 10.2 Å². The molecule has 0 aromatic carbocycles. The summed E-state index contributed by atoms with van der Waals surface area (Å²) >= 11 is 0. The van der Waals surface area contributed by atoms with Gasteiger partial charge in [-0.1, -0.05) is 13.8 Å². The highest BCUT2D eigenvalue weighted by molar-refractivity contribution is 5.88. The maximum Gasteiger partial charge on any atom is 0.320 e. The summed E-state index contributed by atoms with van der Waals surface area (Å²) in [7, 11) is 3.38. The predicted molar refractivity (Wildman–Crippen MR) is 86.7 cm³/mol. The molecule has 0 aliphatic rings. The van der Waals surface area contributed by atoms with Gasteiger partial charge in [0.15, 0.2) is 0 Å². The molecule has 0 aliphatic heterocycles. The molecule has 0 saturated heterocycles. The SMILES string of the molecule is CC(C)C[C@@H](C)n1nccc1NC(=O)NCCC(=O)N(C)C. The Bertz CT molecular complexity index is 496. The molecule has 1 heterocycles. The zero-order chi connectivity index (χ0) is 16.7. The lowest BCUT2D eigenvalue weighted by atomic mass is 10.1. The van der Waals surface area contributed by atoms with Crippen LogP contribution in [-0.2, 0) is 4.79 Å². The topological polar surface area (TPSA) is 79.3 Å². The van der Waals surface area contributed by atoms with Gasteiger partial charge in [0, 0.05) is 33.1 Å². The normalized spacial score (nSPS) is 12.1. The number of rotatable bonds is 7. The first-order chi connectivity index (χ1) is 10.3. The first-order valence-electron chi connectivity index (χ1n) is 7.59. The Kier molecular flexibility index (Phi) is 6.88. The smallest absolute Gasteiger partial charge is 0.320 e. The van der Waals surface area contributed by atoms with Gasteiger partial charge in [0.2, 0.25) is 5.91 Å². The molecule has 1 atom stereocenters. The van der Waals surface area contributed by atoms with E-state index in [2.05, 4.69) is 36.5 Å². The lowest BCUT2D eigenvalue weighted by molar-refractivity contribution is -0.128. The molecule has 1 aromatic rings. The molecule has 0 radical (unpaired) electrons. The zero-order valence-corrected chi connectivity index (χ0v) is 14.1. The Morgan fingerprint density at radius 2 is 2.00 bits per heavy atom. The van der Waals surface area contributed by atoms with Crippen molar-refractivity contribution < 1.29 is 9.59 Å². The fraction of sp³-hybridized carbons (Fsp3) is 0.667. The van der Waals surface area contributed by atoms with Crippen molar-refractivity contribution in [2.24, 2.45) is 5.92 Å². The molecule has 3 amide bonds. The molecular formula is C15H27N5O2. The van der Waals surface area contributed by atoms with Gasteiger partial charge >= 0.3 is 6.03 Å². The van der Waals surface area contributed by atoms with Gasteiger partial charge in [0.05, 0.1) is 12.2 Å². The number of nitrogens with zero attached hydrogens (tertiary/aromatic N) is 3. The summed E-state index contributed by atoms with van der Waals surface area (Å²) in [6.45, 7) is 6.69. The number of amides is 3. The van der Waals surface area contributed by atoms with Gasteiger partial charge in [0.25, 0.3) is 0 Å². The Morgan fingerprint density at radius 3 is 2.59 bits per heavy atom. The Labute approximate surface area is 132 Å². The lowest BCUT2D eigenvalue weighted by Crippen LogP contribution is -2.33. The van der Waals surface area contributed by atoms with Crippen LogP contribution in [0.2, 0.25) is 0 Å². The molecule has 0 bridgehead atoms. The van der Waals surface area contributed by atoms with Crippen molar-refractivity contribution in [2.45, 2.75) is 39.7 Å². The largest absolute Gasteiger partial charge is 0.349 e. The van der Waals surface area contributed by atoms with Crippen LogP contribution in [0.15, 0.2) is 12.3 Å². The highest BCUT2D eigenvalue weighted by atomic mass is 16.2. The quantitative estimate of drug-likeness (QED) is 0.809. The number of urea groups is 1. The fourth-order valence-electron chi connectivity index (χ4n) is 2.21. The Balaban J connectivity index is 2.48. The van der Waals surface area contributed by atoms with Crippen molar-refractivity contribution in [2.75, 3.05) is 26.0 Å². The molecule has 0 aliphatic carbocycles. The summed E-state index contributed by atoms with van der Waals surface area (Å²) < 4.78 is 1.81. The van der Waals surface area contributed by atoms with E-state index < -0.39 is 0 Å². The third kappa shape index (κ3) is 5.75. The van der Waals surface area contributed by atoms with E-state index in [1.807, 2.05) is 4.68 Å². The van der Waals surface area contributed by atoms with Gasteiger partial charge in [0.1, 0.15) is 5.82 Å². The molecule has 0 fully saturated rings. The number of nitrogens with one attached hydrogen (secondary N) is 2. The van der Waals surface area contributed by atoms with Crippen molar-refractivity contribution in [1.29, 1.82) is 0 Å². The van der Waals surface area contributed by atoms with Crippen molar-refractivity contribution in [3.8, 4) is 0 Å². The summed E-state index contributed by atoms with van der Waals surface area (Å²) in [5.74, 6) is 1.19. The molecule has 0 saturated carbocycles. The molecule has 0 unspecified atom stereocenters. The van der Waals surface area contributed by atoms with Gasteiger partial charge in [-0.2, -0.15) is 5.10 Å². The van der Waals surface area contributed by atoms with E-state index in [0.717, 1.165) is 6.42 Å². The minimum atomic E-state index is -0.329. The van der Waals surface area contributed by atoms with Gasteiger partial charge in [-0.15, -0.1) is 0 Å². The van der Waals surface area contributed by atoms with Crippen LogP contribution >= 0.6 is 0 Å². The summed E-state index contributed by atoms with van der Waals surface area (Å²) in [4.78, 5) is 24.8. The highest BCUT2D eigenvalue weighted by Gasteiger charge is 2.14. The van der Waals surface area contributed by atoms with Crippen LogP contribution in [0.25, 0.3) is 0 Å². The third-order valence-electron chi connectivity index (χ3n) is 3.27. The minimum Gasteiger partial charge on any atom is -0.349 e. The van der Waals surface area contributed by atoms with Crippen LogP contribution in [0.5, 0.6) is 0 Å². The summed E-state index contributed by atoms with van der Waals surface area (Å²) in [6, 6.07) is 1.65. The van der Waals surface area contributed by atoms with Crippen LogP contribution in [0.4, 0.5) is 10.6 Å². The number of carbonyl (C=O) groups is 2. The zero-order valence-electron chi connectivity index (χ0n) is 14.1. The van der Waals surface area contributed by atoms with Crippen LogP contribution in [0, 0.1) is 5.92 Å². The first kappa shape index (κ1) is 18.0. The number of carbonyl (C=O) groups excluding carboxylic acids is 2. The standard InChI is InChI=1S/C15H27N5O2/c1-11(2)10-12(3)20-13(6-9-17-20)18-15(22)16-8-7-14(21)19(4)5/h6,9,11-12H,7-8,10H2,1-5H3,(H2,16,18,22)/t12-/m1/s1. The summed E-state index contributed by atoms with van der Waals surface area (Å²) in [6.07, 6.45) is 2.93. The molecule has 2 N–H and O–H groups in total. The second kappa shape index (κ2) is 8.41. The second-order valence-electron chi connectivity index (χ2n) is 6.06. The minimum absolute atomic E-state index is 0.0177. The summed E-state index contributed by atoms with van der Waals surface area (Å²) in [5.41, 5.74) is 0. The molecular weight excluding hydrogens is 282 g/mol. The van der Waals surface area contributed by atoms with Crippen molar-refractivity contribution in [1.82, 2.24) is 20.0 Å². The molecule has 7 heteroatoms. The van der Waals surface area contributed by atoms with Gasteiger partial charge in [-0.25, -0.2) is 9.48 Å². The Morgan fingerprint density at radius 1 is 1.32 bits per heavy atom. The van der Waals surface area contributed by atoms with E-state index in [4.69, 9.17) is 0 Å². The van der Waals surface area contributed by atoms with E-state index in [1.165, 1.54) is 4.90 Å². The molecule has 7 nitrogen and oxygen atoms in total. The molecule has 0 spiro atoms. The lowest BCUT2D eigenvalue weighted by Gasteiger charge is -2.18. The highest BCUT2D eigenvalue weighted by Crippen LogP contribution is 2.20. The van der Waals surface area contributed by atoms with E-state index in [9.17, 15) is 9.59 Å². The average molecular weight is 309 g/mol. The number of hydrogen-bond acceptors (Lipinski definition) is 3. The predicted octanol–water partition coefficient (Wildman–Crippen LogP) is 2.09. The van der Waals surface area contributed by atoms with Crippen LogP contribution < -0.4 is 10.6 Å². The maximum absolute atomic E-state index is 11.9. The second-order valence-corrected chi connectivity index (χ2v) is 6.06. The van der Waals surface area contributed by atoms with E-state index in [1.54, 1.807) is 26.4 Å². The number of aromatic nitrogens is 2. The van der Waals surface area contributed by atoms with Crippen LogP contribution in [-0.4, -0.2) is 47.3 Å². The van der Waals surface area contributed by atoms with Crippen molar-refractivity contribution >= 4 is 17.8 Å². The average Bonchev–Trinajstić information content (AvgIpc) is 2.85. The Hall–Kier alpha value is -2.05. The van der Waals surface area contributed by atoms with Crippen LogP contribution in [0.1, 0.15) is 39.7 Å². The van der Waals surface area contributed by atoms with E-state index in [-0.39, 0.29) is 24.4 Å². The molecule has 22 heavy (non-hydrogen) atoms. The molecule has 1 aromatic heterocycles. The number of anilines is 1. The maximum atomic E-state index is 11.9. The molecule has 124 valence electrons.